The lowest BCUT2D eigenvalue weighted by Crippen LogP contribution is -2.24. The van der Waals surface area contributed by atoms with Crippen LogP contribution in [0, 0.1) is 6.92 Å². The van der Waals surface area contributed by atoms with E-state index in [9.17, 15) is 19.5 Å². The number of aromatic amines is 1. The molecule has 0 atom stereocenters. The summed E-state index contributed by atoms with van der Waals surface area (Å²) in [6.07, 6.45) is 3.50. The van der Waals surface area contributed by atoms with Crippen molar-refractivity contribution >= 4 is 29.4 Å². The number of amides is 2. The number of nitrogens with zero attached hydrogens (tertiary/aromatic N) is 4. The van der Waals surface area contributed by atoms with Gasteiger partial charge >= 0.3 is 5.97 Å². The second-order valence-corrected chi connectivity index (χ2v) is 9.81. The van der Waals surface area contributed by atoms with Crippen LogP contribution in [-0.4, -0.2) is 48.8 Å². The minimum absolute atomic E-state index is 0.0210. The zero-order valence-corrected chi connectivity index (χ0v) is 23.6. The van der Waals surface area contributed by atoms with E-state index in [0.29, 0.717) is 28.2 Å². The first-order valence-corrected chi connectivity index (χ1v) is 13.5. The number of hydrogen-bond acceptors (Lipinski definition) is 6. The van der Waals surface area contributed by atoms with Crippen LogP contribution < -0.4 is 16.8 Å². The van der Waals surface area contributed by atoms with E-state index in [2.05, 4.69) is 25.3 Å². The van der Waals surface area contributed by atoms with Gasteiger partial charge in [-0.15, -0.1) is 0 Å². The number of carboxylic acids is 1. The number of pyridine rings is 3. The van der Waals surface area contributed by atoms with Crippen LogP contribution in [0.5, 0.6) is 0 Å². The third kappa shape index (κ3) is 6.65. The van der Waals surface area contributed by atoms with Crippen molar-refractivity contribution in [2.24, 2.45) is 16.5 Å². The SMILES string of the molecule is Cc1c(C(=O)O)[nH]c(C(=O)N=C(N)N)c1CCC(=O)Nc1ccc(-c2cc(-c3ccccn3)nc(-c3ccccn3)c2)cc1. The average molecular weight is 589 g/mol. The first-order chi connectivity index (χ1) is 21.2. The number of aliphatic imine (C=N–C) groups is 1. The number of guanidine groups is 1. The summed E-state index contributed by atoms with van der Waals surface area (Å²) in [6, 6.07) is 22.5. The molecule has 5 aromatic rings. The summed E-state index contributed by atoms with van der Waals surface area (Å²) in [5.41, 5.74) is 16.3. The van der Waals surface area contributed by atoms with Gasteiger partial charge < -0.3 is 26.9 Å². The summed E-state index contributed by atoms with van der Waals surface area (Å²) in [6.45, 7) is 1.55. The molecule has 0 saturated heterocycles. The van der Waals surface area contributed by atoms with Crippen LogP contribution in [-0.2, 0) is 11.2 Å². The highest BCUT2D eigenvalue weighted by Gasteiger charge is 2.23. The summed E-state index contributed by atoms with van der Waals surface area (Å²) < 4.78 is 0. The van der Waals surface area contributed by atoms with Crippen molar-refractivity contribution in [3.8, 4) is 33.9 Å². The van der Waals surface area contributed by atoms with Gasteiger partial charge in [-0.2, -0.15) is 4.99 Å². The van der Waals surface area contributed by atoms with Crippen LogP contribution in [0.4, 0.5) is 5.69 Å². The van der Waals surface area contributed by atoms with Crippen molar-refractivity contribution < 1.29 is 19.5 Å². The molecule has 0 unspecified atom stereocenters. The zero-order valence-electron chi connectivity index (χ0n) is 23.6. The normalized spacial score (nSPS) is 10.7. The molecule has 0 aliphatic carbocycles. The molecule has 1 aromatic carbocycles. The molecule has 0 spiro atoms. The standard InChI is InChI=1S/C32H28N8O4/c1-18-22(29(30(42)40-32(33)34)39-28(18)31(43)44)12-13-27(41)37-21-10-8-19(9-11-21)20-16-25(23-6-2-4-14-35-23)38-26(17-20)24-7-3-5-15-36-24/h2-11,14-17,39H,12-13H2,1H3,(H,37,41)(H,43,44)(H4,33,34,40,42). The van der Waals surface area contributed by atoms with Crippen molar-refractivity contribution in [3.05, 3.63) is 108 Å². The highest BCUT2D eigenvalue weighted by atomic mass is 16.4. The fourth-order valence-electron chi connectivity index (χ4n) is 4.71. The van der Waals surface area contributed by atoms with Gasteiger partial charge in [0.1, 0.15) is 11.4 Å². The van der Waals surface area contributed by atoms with Crippen molar-refractivity contribution in [1.29, 1.82) is 0 Å². The number of carbonyl (C=O) groups is 3. The van der Waals surface area contributed by atoms with Crippen LogP contribution in [0.1, 0.15) is 38.5 Å². The van der Waals surface area contributed by atoms with Crippen molar-refractivity contribution in [2.45, 2.75) is 19.8 Å². The monoisotopic (exact) mass is 588 g/mol. The summed E-state index contributed by atoms with van der Waals surface area (Å²) in [4.78, 5) is 56.7. The van der Waals surface area contributed by atoms with Gasteiger partial charge in [0.2, 0.25) is 5.91 Å². The number of hydrogen-bond donors (Lipinski definition) is 5. The second kappa shape index (κ2) is 12.8. The number of aromatic carboxylic acids is 1. The smallest absolute Gasteiger partial charge is 0.352 e. The lowest BCUT2D eigenvalue weighted by molar-refractivity contribution is -0.116. The van der Waals surface area contributed by atoms with Crippen LogP contribution in [0.3, 0.4) is 0 Å². The van der Waals surface area contributed by atoms with Gasteiger partial charge in [0.05, 0.1) is 22.8 Å². The Labute approximate surface area is 251 Å². The van der Waals surface area contributed by atoms with Crippen LogP contribution in [0.2, 0.25) is 0 Å². The number of rotatable bonds is 9. The third-order valence-corrected chi connectivity index (χ3v) is 6.82. The molecule has 4 aromatic heterocycles. The van der Waals surface area contributed by atoms with E-state index < -0.39 is 17.8 Å². The molecular formula is C32H28N8O4. The van der Waals surface area contributed by atoms with Gasteiger partial charge in [0.25, 0.3) is 5.91 Å². The van der Waals surface area contributed by atoms with E-state index in [1.807, 2.05) is 60.7 Å². The van der Waals surface area contributed by atoms with Crippen molar-refractivity contribution in [2.75, 3.05) is 5.32 Å². The van der Waals surface area contributed by atoms with E-state index in [-0.39, 0.29) is 30.1 Å². The van der Waals surface area contributed by atoms with E-state index in [1.165, 1.54) is 0 Å². The summed E-state index contributed by atoms with van der Waals surface area (Å²) in [5.74, 6) is -2.85. The molecule has 7 N–H and O–H groups in total. The van der Waals surface area contributed by atoms with Gasteiger partial charge in [-0.3, -0.25) is 19.6 Å². The Bertz CT molecular complexity index is 1810. The maximum absolute atomic E-state index is 12.8. The number of nitrogens with one attached hydrogen (secondary N) is 2. The van der Waals surface area contributed by atoms with Gasteiger partial charge in [-0.05, 0) is 84.1 Å². The van der Waals surface area contributed by atoms with E-state index in [1.54, 1.807) is 31.5 Å². The summed E-state index contributed by atoms with van der Waals surface area (Å²) >= 11 is 0. The van der Waals surface area contributed by atoms with Gasteiger partial charge in [-0.1, -0.05) is 24.3 Å². The molecule has 5 rings (SSSR count). The first-order valence-electron chi connectivity index (χ1n) is 13.5. The average Bonchev–Trinajstić information content (AvgIpc) is 3.37. The van der Waals surface area contributed by atoms with E-state index >= 15 is 0 Å². The highest BCUT2D eigenvalue weighted by Crippen LogP contribution is 2.30. The second-order valence-electron chi connectivity index (χ2n) is 9.81. The number of carboxylic acid groups (broad SMARTS) is 1. The summed E-state index contributed by atoms with van der Waals surface area (Å²) in [5, 5.41) is 12.3. The molecule has 0 saturated carbocycles. The third-order valence-electron chi connectivity index (χ3n) is 6.82. The Morgan fingerprint density at radius 2 is 1.45 bits per heavy atom. The molecule has 12 nitrogen and oxygen atoms in total. The molecule has 0 fully saturated rings. The Kier molecular flexibility index (Phi) is 8.52. The molecule has 4 heterocycles. The molecule has 220 valence electrons. The topological polar surface area (TPSA) is 202 Å². The minimum Gasteiger partial charge on any atom is -0.477 e. The quantitative estimate of drug-likeness (QED) is 0.124. The highest BCUT2D eigenvalue weighted by molar-refractivity contribution is 6.03. The molecule has 44 heavy (non-hydrogen) atoms. The Hall–Kier alpha value is -6.17. The molecule has 0 aliphatic heterocycles. The van der Waals surface area contributed by atoms with E-state index in [0.717, 1.165) is 22.5 Å². The number of carbonyl (C=O) groups excluding carboxylic acids is 2. The fourth-order valence-corrected chi connectivity index (χ4v) is 4.71. The lowest BCUT2D eigenvalue weighted by atomic mass is 10.0. The Morgan fingerprint density at radius 3 is 1.98 bits per heavy atom. The van der Waals surface area contributed by atoms with Crippen molar-refractivity contribution in [3.63, 3.8) is 0 Å². The maximum Gasteiger partial charge on any atom is 0.352 e. The fraction of sp³-hybridized carbons (Fsp3) is 0.0938. The van der Waals surface area contributed by atoms with E-state index in [4.69, 9.17) is 16.5 Å². The van der Waals surface area contributed by atoms with Crippen LogP contribution >= 0.6 is 0 Å². The predicted molar refractivity (Wildman–Crippen MR) is 166 cm³/mol. The Morgan fingerprint density at radius 1 is 0.841 bits per heavy atom. The van der Waals surface area contributed by atoms with Crippen molar-refractivity contribution in [1.82, 2.24) is 19.9 Å². The zero-order chi connectivity index (χ0) is 31.2. The summed E-state index contributed by atoms with van der Waals surface area (Å²) in [7, 11) is 0. The van der Waals surface area contributed by atoms with Crippen LogP contribution in [0.25, 0.3) is 33.9 Å². The van der Waals surface area contributed by atoms with Crippen LogP contribution in [0.15, 0.2) is 90.2 Å². The number of H-pyrrole nitrogens is 1. The Balaban J connectivity index is 1.34. The molecule has 12 heteroatoms. The first kappa shape index (κ1) is 29.3. The number of benzene rings is 1. The molecule has 0 aliphatic rings. The number of nitrogens with two attached hydrogens (primary N) is 2. The number of aromatic nitrogens is 4. The number of anilines is 1. The maximum atomic E-state index is 12.8. The van der Waals surface area contributed by atoms with Gasteiger partial charge in [0.15, 0.2) is 5.96 Å². The molecular weight excluding hydrogens is 560 g/mol. The molecule has 2 amide bonds. The van der Waals surface area contributed by atoms with Gasteiger partial charge in [-0.25, -0.2) is 9.78 Å². The molecule has 0 radical (unpaired) electrons. The molecule has 0 bridgehead atoms. The predicted octanol–water partition coefficient (Wildman–Crippen LogP) is 4.19. The lowest BCUT2D eigenvalue weighted by Gasteiger charge is -2.11. The largest absolute Gasteiger partial charge is 0.477 e. The van der Waals surface area contributed by atoms with Gasteiger partial charge in [0, 0.05) is 24.5 Å². The minimum atomic E-state index is -1.24.